The Morgan fingerprint density at radius 3 is 2.60 bits per heavy atom. The number of nitro groups is 1. The lowest BCUT2D eigenvalue weighted by Gasteiger charge is -2.01. The summed E-state index contributed by atoms with van der Waals surface area (Å²) in [5.41, 5.74) is 4.83. The van der Waals surface area contributed by atoms with E-state index in [0.29, 0.717) is 0 Å². The van der Waals surface area contributed by atoms with Crippen LogP contribution in [0.15, 0.2) is 12.1 Å². The van der Waals surface area contributed by atoms with Gasteiger partial charge in [-0.3, -0.25) is 14.9 Å². The zero-order chi connectivity index (χ0) is 11.6. The molecule has 0 aromatic heterocycles. The summed E-state index contributed by atoms with van der Waals surface area (Å²) in [6, 6.07) is 3.94. The fourth-order valence-corrected chi connectivity index (χ4v) is 1.12. The zero-order valence-electron chi connectivity index (χ0n) is 7.85. The fourth-order valence-electron chi connectivity index (χ4n) is 1.12. The molecule has 0 radical (unpaired) electrons. The molecule has 0 bridgehead atoms. The van der Waals surface area contributed by atoms with E-state index in [1.807, 2.05) is 0 Å². The minimum Gasteiger partial charge on any atom is -0.397 e. The number of anilines is 1. The third-order valence-corrected chi connectivity index (χ3v) is 1.86. The number of benzene rings is 1. The van der Waals surface area contributed by atoms with Crippen molar-refractivity contribution in [2.24, 2.45) is 0 Å². The van der Waals surface area contributed by atoms with Gasteiger partial charge in [0.1, 0.15) is 6.07 Å². The Morgan fingerprint density at radius 1 is 1.60 bits per heavy atom. The van der Waals surface area contributed by atoms with E-state index in [0.717, 1.165) is 6.07 Å². The molecule has 15 heavy (non-hydrogen) atoms. The smallest absolute Gasteiger partial charge is 0.289 e. The SMILES string of the molecule is CC(=O)c1cc(N)c(C#N)c([N+](=O)[O-])c1. The first-order chi connectivity index (χ1) is 6.97. The Labute approximate surface area is 85.1 Å². The number of carbonyl (C=O) groups is 1. The Kier molecular flexibility index (Phi) is 2.67. The molecule has 0 spiro atoms. The maximum atomic E-state index is 11.0. The molecule has 6 heteroatoms. The number of ketones is 1. The van der Waals surface area contributed by atoms with Crippen LogP contribution >= 0.6 is 0 Å². The number of carbonyl (C=O) groups excluding carboxylic acids is 1. The molecular weight excluding hydrogens is 198 g/mol. The molecule has 0 saturated heterocycles. The van der Waals surface area contributed by atoms with E-state index in [2.05, 4.69) is 0 Å². The Balaban J connectivity index is 3.54. The Bertz CT molecular complexity index is 488. The van der Waals surface area contributed by atoms with Crippen LogP contribution in [0, 0.1) is 21.4 Å². The maximum Gasteiger partial charge on any atom is 0.289 e. The van der Waals surface area contributed by atoms with Crippen LogP contribution in [-0.2, 0) is 0 Å². The van der Waals surface area contributed by atoms with Gasteiger partial charge in [0.05, 0.1) is 10.6 Å². The predicted molar refractivity (Wildman–Crippen MR) is 52.2 cm³/mol. The lowest BCUT2D eigenvalue weighted by atomic mass is 10.1. The molecular formula is C9H7N3O3. The van der Waals surface area contributed by atoms with Gasteiger partial charge < -0.3 is 5.73 Å². The van der Waals surface area contributed by atoms with Gasteiger partial charge in [0.2, 0.25) is 0 Å². The van der Waals surface area contributed by atoms with Crippen molar-refractivity contribution >= 4 is 17.2 Å². The van der Waals surface area contributed by atoms with Gasteiger partial charge >= 0.3 is 0 Å². The van der Waals surface area contributed by atoms with Crippen LogP contribution < -0.4 is 5.73 Å². The normalized spacial score (nSPS) is 9.33. The van der Waals surface area contributed by atoms with Gasteiger partial charge in [0.25, 0.3) is 5.69 Å². The minimum absolute atomic E-state index is 0.0584. The first kappa shape index (κ1) is 10.7. The van der Waals surface area contributed by atoms with Crippen LogP contribution in [0.4, 0.5) is 11.4 Å². The van der Waals surface area contributed by atoms with Gasteiger partial charge in [-0.1, -0.05) is 0 Å². The number of Topliss-reactive ketones (excluding diaryl/α,β-unsaturated/α-hetero) is 1. The molecule has 0 amide bonds. The quantitative estimate of drug-likeness (QED) is 0.338. The fraction of sp³-hybridized carbons (Fsp3) is 0.111. The average molecular weight is 205 g/mol. The summed E-state index contributed by atoms with van der Waals surface area (Å²) in [7, 11) is 0. The van der Waals surface area contributed by atoms with Gasteiger partial charge in [0.15, 0.2) is 11.3 Å². The molecule has 0 heterocycles. The first-order valence-corrected chi connectivity index (χ1v) is 3.96. The van der Waals surface area contributed by atoms with E-state index in [1.165, 1.54) is 13.0 Å². The molecule has 0 aliphatic heterocycles. The van der Waals surface area contributed by atoms with Crippen molar-refractivity contribution in [3.8, 4) is 6.07 Å². The van der Waals surface area contributed by atoms with E-state index in [1.54, 1.807) is 6.07 Å². The monoisotopic (exact) mass is 205 g/mol. The molecule has 6 nitrogen and oxygen atoms in total. The summed E-state index contributed by atoms with van der Waals surface area (Å²) in [4.78, 5) is 20.9. The standard InChI is InChI=1S/C9H7N3O3/c1-5(13)6-2-8(11)7(4-10)9(3-6)12(14)15/h2-3H,11H2,1H3. The molecule has 0 aliphatic carbocycles. The number of rotatable bonds is 2. The van der Waals surface area contributed by atoms with Crippen molar-refractivity contribution in [1.82, 2.24) is 0 Å². The topological polar surface area (TPSA) is 110 Å². The molecule has 1 rings (SSSR count). The molecule has 0 saturated carbocycles. The average Bonchev–Trinajstić information content (AvgIpc) is 2.16. The second-order valence-electron chi connectivity index (χ2n) is 2.88. The van der Waals surface area contributed by atoms with Gasteiger partial charge in [0, 0.05) is 11.6 Å². The van der Waals surface area contributed by atoms with Gasteiger partial charge in [-0.15, -0.1) is 0 Å². The summed E-state index contributed by atoms with van der Waals surface area (Å²) < 4.78 is 0. The molecule has 76 valence electrons. The number of nitro benzene ring substituents is 1. The molecule has 0 fully saturated rings. The highest BCUT2D eigenvalue weighted by atomic mass is 16.6. The number of nitriles is 1. The summed E-state index contributed by atoms with van der Waals surface area (Å²) in [6.07, 6.45) is 0. The highest BCUT2D eigenvalue weighted by Gasteiger charge is 2.19. The van der Waals surface area contributed by atoms with Crippen molar-refractivity contribution in [2.75, 3.05) is 5.73 Å². The van der Waals surface area contributed by atoms with Gasteiger partial charge in [-0.05, 0) is 13.0 Å². The summed E-state index contributed by atoms with van der Waals surface area (Å²) >= 11 is 0. The summed E-state index contributed by atoms with van der Waals surface area (Å²) in [5.74, 6) is -0.339. The van der Waals surface area contributed by atoms with Crippen LogP contribution in [0.2, 0.25) is 0 Å². The second-order valence-corrected chi connectivity index (χ2v) is 2.88. The second kappa shape index (κ2) is 3.75. The largest absolute Gasteiger partial charge is 0.397 e. The molecule has 0 aliphatic rings. The number of hydrogen-bond donors (Lipinski definition) is 1. The van der Waals surface area contributed by atoms with E-state index in [-0.39, 0.29) is 22.6 Å². The van der Waals surface area contributed by atoms with E-state index in [4.69, 9.17) is 11.0 Å². The molecule has 2 N–H and O–H groups in total. The third kappa shape index (κ3) is 1.91. The first-order valence-electron chi connectivity index (χ1n) is 3.96. The number of hydrogen-bond acceptors (Lipinski definition) is 5. The maximum absolute atomic E-state index is 11.0. The van der Waals surface area contributed by atoms with Crippen molar-refractivity contribution in [2.45, 2.75) is 6.92 Å². The number of nitrogens with zero attached hydrogens (tertiary/aromatic N) is 2. The summed E-state index contributed by atoms with van der Waals surface area (Å²) in [5, 5.41) is 19.3. The number of nitrogen functional groups attached to an aromatic ring is 1. The van der Waals surface area contributed by atoms with Crippen LogP contribution in [-0.4, -0.2) is 10.7 Å². The van der Waals surface area contributed by atoms with Gasteiger partial charge in [-0.25, -0.2) is 0 Å². The van der Waals surface area contributed by atoms with Crippen LogP contribution in [0.25, 0.3) is 0 Å². The third-order valence-electron chi connectivity index (χ3n) is 1.86. The molecule has 1 aromatic rings. The zero-order valence-corrected chi connectivity index (χ0v) is 7.85. The molecule has 0 unspecified atom stereocenters. The Hall–Kier alpha value is -2.42. The van der Waals surface area contributed by atoms with Crippen LogP contribution in [0.5, 0.6) is 0 Å². The van der Waals surface area contributed by atoms with E-state index >= 15 is 0 Å². The van der Waals surface area contributed by atoms with E-state index in [9.17, 15) is 14.9 Å². The number of nitrogens with two attached hydrogens (primary N) is 1. The van der Waals surface area contributed by atoms with Crippen LogP contribution in [0.3, 0.4) is 0 Å². The highest BCUT2D eigenvalue weighted by Crippen LogP contribution is 2.25. The van der Waals surface area contributed by atoms with Crippen LogP contribution in [0.1, 0.15) is 22.8 Å². The van der Waals surface area contributed by atoms with Crippen molar-refractivity contribution < 1.29 is 9.72 Å². The Morgan fingerprint density at radius 2 is 2.20 bits per heavy atom. The van der Waals surface area contributed by atoms with E-state index < -0.39 is 10.6 Å². The highest BCUT2D eigenvalue weighted by molar-refractivity contribution is 5.96. The predicted octanol–water partition coefficient (Wildman–Crippen LogP) is 1.25. The van der Waals surface area contributed by atoms with Gasteiger partial charge in [-0.2, -0.15) is 5.26 Å². The van der Waals surface area contributed by atoms with Crippen molar-refractivity contribution in [1.29, 1.82) is 5.26 Å². The lowest BCUT2D eigenvalue weighted by molar-refractivity contribution is -0.385. The minimum atomic E-state index is -0.735. The molecule has 1 aromatic carbocycles. The van der Waals surface area contributed by atoms with Crippen molar-refractivity contribution in [3.63, 3.8) is 0 Å². The van der Waals surface area contributed by atoms with Crippen molar-refractivity contribution in [3.05, 3.63) is 33.4 Å². The molecule has 0 atom stereocenters. The summed E-state index contributed by atoms with van der Waals surface area (Å²) in [6.45, 7) is 1.27. The lowest BCUT2D eigenvalue weighted by Crippen LogP contribution is -2.02.